The highest BCUT2D eigenvalue weighted by atomic mass is 19.1. The predicted octanol–water partition coefficient (Wildman–Crippen LogP) is 4.41. The Bertz CT molecular complexity index is 844. The van der Waals surface area contributed by atoms with E-state index in [-0.39, 0.29) is 24.4 Å². The largest absolute Gasteiger partial charge is 0.452 e. The Morgan fingerprint density at radius 2 is 1.60 bits per heavy atom. The first-order valence-electron chi connectivity index (χ1n) is 10.4. The van der Waals surface area contributed by atoms with Gasteiger partial charge in [-0.25, -0.2) is 9.18 Å². The fourth-order valence-electron chi connectivity index (χ4n) is 3.79. The van der Waals surface area contributed by atoms with Crippen LogP contribution >= 0.6 is 0 Å². The average molecular weight is 413 g/mol. The van der Waals surface area contributed by atoms with Crippen molar-refractivity contribution in [1.29, 1.82) is 0 Å². The van der Waals surface area contributed by atoms with Gasteiger partial charge in [0.1, 0.15) is 5.82 Å². The Morgan fingerprint density at radius 3 is 2.20 bits per heavy atom. The number of anilines is 1. The van der Waals surface area contributed by atoms with Gasteiger partial charge in [-0.05, 0) is 54.8 Å². The van der Waals surface area contributed by atoms with Crippen LogP contribution in [-0.2, 0) is 16.1 Å². The summed E-state index contributed by atoms with van der Waals surface area (Å²) in [5.41, 5.74) is 2.25. The predicted molar refractivity (Wildman–Crippen MR) is 115 cm³/mol. The minimum absolute atomic E-state index is 0.120. The number of nitrogens with zero attached hydrogens (tertiary/aromatic N) is 2. The van der Waals surface area contributed by atoms with E-state index in [4.69, 9.17) is 4.74 Å². The third-order valence-electron chi connectivity index (χ3n) is 5.55. The van der Waals surface area contributed by atoms with E-state index >= 15 is 0 Å². The summed E-state index contributed by atoms with van der Waals surface area (Å²) in [4.78, 5) is 29.1. The van der Waals surface area contributed by atoms with Gasteiger partial charge in [-0.1, -0.05) is 31.4 Å². The Morgan fingerprint density at radius 1 is 0.967 bits per heavy atom. The van der Waals surface area contributed by atoms with Crippen LogP contribution in [0.5, 0.6) is 0 Å². The molecule has 1 saturated carbocycles. The lowest BCUT2D eigenvalue weighted by Crippen LogP contribution is -2.43. The molecule has 2 aromatic rings. The molecule has 0 N–H and O–H groups in total. The van der Waals surface area contributed by atoms with Crippen LogP contribution in [0.25, 0.3) is 0 Å². The quantitative estimate of drug-likeness (QED) is 0.632. The molecule has 1 fully saturated rings. The van der Waals surface area contributed by atoms with E-state index in [0.29, 0.717) is 12.1 Å². The standard InChI is InChI=1S/C24H29FN2O3/c1-26(2)21-14-10-19(11-15-21)24(29)30-17-23(28)27(22-6-4-3-5-7-22)16-18-8-12-20(25)13-9-18/h8-15,22H,3-7,16-17H2,1-2H3. The Kier molecular flexibility index (Phi) is 7.44. The molecule has 3 rings (SSSR count). The van der Waals surface area contributed by atoms with Crippen LogP contribution in [0.1, 0.15) is 48.0 Å². The van der Waals surface area contributed by atoms with E-state index in [1.807, 2.05) is 31.1 Å². The summed E-state index contributed by atoms with van der Waals surface area (Å²) in [6.07, 6.45) is 5.21. The van der Waals surface area contributed by atoms with E-state index in [2.05, 4.69) is 0 Å². The first kappa shape index (κ1) is 21.8. The molecular weight excluding hydrogens is 383 g/mol. The van der Waals surface area contributed by atoms with E-state index in [9.17, 15) is 14.0 Å². The van der Waals surface area contributed by atoms with E-state index in [1.54, 1.807) is 29.2 Å². The van der Waals surface area contributed by atoms with Crippen molar-refractivity contribution in [3.63, 3.8) is 0 Å². The lowest BCUT2D eigenvalue weighted by Gasteiger charge is -2.34. The zero-order valence-corrected chi connectivity index (χ0v) is 17.6. The molecule has 1 aliphatic carbocycles. The van der Waals surface area contributed by atoms with Gasteiger partial charge in [-0.2, -0.15) is 0 Å². The first-order valence-corrected chi connectivity index (χ1v) is 10.4. The molecule has 1 aliphatic rings. The van der Waals surface area contributed by atoms with Crippen molar-refractivity contribution in [2.75, 3.05) is 25.6 Å². The number of hydrogen-bond donors (Lipinski definition) is 0. The Balaban J connectivity index is 1.64. The Labute approximate surface area is 177 Å². The first-order chi connectivity index (χ1) is 14.4. The molecule has 0 aromatic heterocycles. The van der Waals surface area contributed by atoms with Crippen LogP contribution in [0.3, 0.4) is 0 Å². The number of carbonyl (C=O) groups is 2. The highest BCUT2D eigenvalue weighted by molar-refractivity contribution is 5.91. The average Bonchev–Trinajstić information content (AvgIpc) is 2.77. The van der Waals surface area contributed by atoms with Crippen molar-refractivity contribution in [1.82, 2.24) is 4.90 Å². The second-order valence-corrected chi connectivity index (χ2v) is 7.96. The summed E-state index contributed by atoms with van der Waals surface area (Å²) in [6.45, 7) is 0.0881. The van der Waals surface area contributed by atoms with Crippen molar-refractivity contribution in [2.24, 2.45) is 0 Å². The third-order valence-corrected chi connectivity index (χ3v) is 5.55. The molecule has 0 saturated heterocycles. The van der Waals surface area contributed by atoms with Crippen LogP contribution in [0, 0.1) is 5.82 Å². The lowest BCUT2D eigenvalue weighted by atomic mass is 9.93. The number of hydrogen-bond acceptors (Lipinski definition) is 4. The SMILES string of the molecule is CN(C)c1ccc(C(=O)OCC(=O)N(Cc2ccc(F)cc2)C2CCCCC2)cc1. The zero-order chi connectivity index (χ0) is 21.5. The van der Waals surface area contributed by atoms with E-state index < -0.39 is 5.97 Å². The number of benzene rings is 2. The fraction of sp³-hybridized carbons (Fsp3) is 0.417. The van der Waals surface area contributed by atoms with Crippen molar-refractivity contribution in [3.8, 4) is 0 Å². The van der Waals surface area contributed by atoms with Gasteiger partial charge in [0.2, 0.25) is 0 Å². The summed E-state index contributed by atoms with van der Waals surface area (Å²) < 4.78 is 18.6. The van der Waals surface area contributed by atoms with Crippen LogP contribution in [0.2, 0.25) is 0 Å². The van der Waals surface area contributed by atoms with Crippen molar-refractivity contribution >= 4 is 17.6 Å². The molecule has 0 radical (unpaired) electrons. The molecule has 5 nitrogen and oxygen atoms in total. The smallest absolute Gasteiger partial charge is 0.338 e. The molecule has 0 spiro atoms. The van der Waals surface area contributed by atoms with Crippen molar-refractivity contribution < 1.29 is 18.7 Å². The topological polar surface area (TPSA) is 49.9 Å². The summed E-state index contributed by atoms with van der Waals surface area (Å²) in [7, 11) is 3.85. The summed E-state index contributed by atoms with van der Waals surface area (Å²) in [5, 5.41) is 0. The van der Waals surface area contributed by atoms with Crippen molar-refractivity contribution in [2.45, 2.75) is 44.7 Å². The number of esters is 1. The van der Waals surface area contributed by atoms with Gasteiger partial charge in [0.25, 0.3) is 5.91 Å². The zero-order valence-electron chi connectivity index (χ0n) is 17.6. The van der Waals surface area contributed by atoms with Crippen molar-refractivity contribution in [3.05, 3.63) is 65.5 Å². The lowest BCUT2D eigenvalue weighted by molar-refractivity contribution is -0.138. The molecule has 0 bridgehead atoms. The second-order valence-electron chi connectivity index (χ2n) is 7.96. The number of amides is 1. The van der Waals surface area contributed by atoms with Gasteiger partial charge in [-0.15, -0.1) is 0 Å². The highest BCUT2D eigenvalue weighted by Crippen LogP contribution is 2.24. The Hall–Kier alpha value is -2.89. The van der Waals surface area contributed by atoms with E-state index in [1.165, 1.54) is 18.6 Å². The monoisotopic (exact) mass is 412 g/mol. The minimum atomic E-state index is -0.515. The van der Waals surface area contributed by atoms with Gasteiger partial charge < -0.3 is 14.5 Å². The maximum Gasteiger partial charge on any atom is 0.338 e. The number of rotatable bonds is 7. The molecular formula is C24H29FN2O3. The summed E-state index contributed by atoms with van der Waals surface area (Å²) >= 11 is 0. The highest BCUT2D eigenvalue weighted by Gasteiger charge is 2.26. The molecule has 160 valence electrons. The summed E-state index contributed by atoms with van der Waals surface area (Å²) in [6, 6.07) is 13.4. The van der Waals surface area contributed by atoms with E-state index in [0.717, 1.165) is 36.9 Å². The number of halogens is 1. The number of carbonyl (C=O) groups excluding carboxylic acids is 2. The minimum Gasteiger partial charge on any atom is -0.452 e. The maximum absolute atomic E-state index is 13.2. The molecule has 0 heterocycles. The molecule has 6 heteroatoms. The molecule has 2 aromatic carbocycles. The second kappa shape index (κ2) is 10.2. The number of ether oxygens (including phenoxy) is 1. The van der Waals surface area contributed by atoms with Gasteiger partial charge in [0.15, 0.2) is 6.61 Å². The van der Waals surface area contributed by atoms with Gasteiger partial charge in [0.05, 0.1) is 5.56 Å². The van der Waals surface area contributed by atoms with Crippen LogP contribution in [0.15, 0.2) is 48.5 Å². The molecule has 0 atom stereocenters. The van der Waals surface area contributed by atoms with Gasteiger partial charge >= 0.3 is 5.97 Å². The molecule has 1 amide bonds. The molecule has 0 unspecified atom stereocenters. The molecule has 30 heavy (non-hydrogen) atoms. The normalized spacial score (nSPS) is 14.2. The van der Waals surface area contributed by atoms with Crippen LogP contribution in [-0.4, -0.2) is 43.5 Å². The third kappa shape index (κ3) is 5.81. The molecule has 0 aliphatic heterocycles. The van der Waals surface area contributed by atoms with Gasteiger partial charge in [0, 0.05) is 32.4 Å². The van der Waals surface area contributed by atoms with Crippen LogP contribution < -0.4 is 4.90 Å². The van der Waals surface area contributed by atoms with Gasteiger partial charge in [-0.3, -0.25) is 4.79 Å². The summed E-state index contributed by atoms with van der Waals surface area (Å²) in [5.74, 6) is -1.04. The maximum atomic E-state index is 13.2. The fourth-order valence-corrected chi connectivity index (χ4v) is 3.79. The van der Waals surface area contributed by atoms with Crippen LogP contribution in [0.4, 0.5) is 10.1 Å².